The van der Waals surface area contributed by atoms with Gasteiger partial charge in [0.25, 0.3) is 0 Å². The van der Waals surface area contributed by atoms with Crippen molar-refractivity contribution in [2.45, 2.75) is 14.9 Å². The van der Waals surface area contributed by atoms with E-state index in [1.807, 2.05) is 21.1 Å². The number of nitrogens with one attached hydrogen (secondary N) is 1. The number of nitrogens with zero attached hydrogens (tertiary/aromatic N) is 1. The monoisotopic (exact) mass is 211 g/mol. The fourth-order valence-corrected chi connectivity index (χ4v) is 0.387. The molecule has 13 heavy (non-hydrogen) atoms. The van der Waals surface area contributed by atoms with Crippen LogP contribution in [0.25, 0.3) is 0 Å². The summed E-state index contributed by atoms with van der Waals surface area (Å²) >= 11 is 0. The number of quaternary nitrogens is 1. The van der Waals surface area contributed by atoms with E-state index in [9.17, 15) is 4.79 Å². The Morgan fingerprint density at radius 1 is 1.38 bits per heavy atom. The summed E-state index contributed by atoms with van der Waals surface area (Å²) in [5.41, 5.74) is 0. The van der Waals surface area contributed by atoms with E-state index in [-0.39, 0.29) is 33.2 Å². The SMILES string of the molecule is C.C.C=CC(=O)NC[N+](C)(C)C.Cl. The Bertz CT molecular complexity index is 141. The molecule has 1 amide bonds. The van der Waals surface area contributed by atoms with Gasteiger partial charge in [0.15, 0.2) is 6.67 Å². The van der Waals surface area contributed by atoms with Crippen molar-refractivity contribution < 1.29 is 9.28 Å². The van der Waals surface area contributed by atoms with E-state index in [1.54, 1.807) is 0 Å². The molecule has 0 spiro atoms. The Morgan fingerprint density at radius 2 is 1.77 bits per heavy atom. The Hall–Kier alpha value is -0.540. The van der Waals surface area contributed by atoms with Crippen LogP contribution < -0.4 is 5.32 Å². The van der Waals surface area contributed by atoms with Crippen LogP contribution in [0.15, 0.2) is 12.7 Å². The lowest BCUT2D eigenvalue weighted by Crippen LogP contribution is -2.44. The highest BCUT2D eigenvalue weighted by atomic mass is 35.5. The van der Waals surface area contributed by atoms with Crippen LogP contribution in [0.5, 0.6) is 0 Å². The molecule has 0 aliphatic carbocycles. The molecule has 1 N–H and O–H groups in total. The second kappa shape index (κ2) is 9.55. The highest BCUT2D eigenvalue weighted by molar-refractivity contribution is 5.86. The molecule has 3 nitrogen and oxygen atoms in total. The van der Waals surface area contributed by atoms with Gasteiger partial charge < -0.3 is 9.80 Å². The van der Waals surface area contributed by atoms with Gasteiger partial charge in [-0.05, 0) is 6.08 Å². The Morgan fingerprint density at radius 3 is 2.00 bits per heavy atom. The number of amides is 1. The van der Waals surface area contributed by atoms with Gasteiger partial charge in [-0.15, -0.1) is 12.4 Å². The van der Waals surface area contributed by atoms with Crippen LogP contribution in [0.3, 0.4) is 0 Å². The first-order valence-electron chi connectivity index (χ1n) is 3.16. The van der Waals surface area contributed by atoms with E-state index < -0.39 is 0 Å². The molecule has 0 aromatic carbocycles. The summed E-state index contributed by atoms with van der Waals surface area (Å²) < 4.78 is 0.722. The van der Waals surface area contributed by atoms with Crippen LogP contribution >= 0.6 is 12.4 Å². The van der Waals surface area contributed by atoms with E-state index >= 15 is 0 Å². The van der Waals surface area contributed by atoms with Crippen molar-refractivity contribution in [3.8, 4) is 0 Å². The molecule has 0 fully saturated rings. The van der Waals surface area contributed by atoms with E-state index in [0.29, 0.717) is 6.67 Å². The Balaban J connectivity index is -0.000000135. The van der Waals surface area contributed by atoms with E-state index in [0.717, 1.165) is 4.48 Å². The summed E-state index contributed by atoms with van der Waals surface area (Å²) in [4.78, 5) is 10.6. The summed E-state index contributed by atoms with van der Waals surface area (Å²) in [6.45, 7) is 3.97. The maximum Gasteiger partial charge on any atom is 0.247 e. The average molecular weight is 212 g/mol. The van der Waals surface area contributed by atoms with Crippen molar-refractivity contribution in [2.24, 2.45) is 0 Å². The van der Waals surface area contributed by atoms with E-state index in [1.165, 1.54) is 6.08 Å². The molecule has 82 valence electrons. The first kappa shape index (κ1) is 22.9. The number of hydrogen-bond donors (Lipinski definition) is 1. The predicted molar refractivity (Wildman–Crippen MR) is 61.9 cm³/mol. The zero-order valence-corrected chi connectivity index (χ0v) is 8.07. The first-order chi connectivity index (χ1) is 4.45. The van der Waals surface area contributed by atoms with Crippen molar-refractivity contribution >= 4 is 18.3 Å². The zero-order chi connectivity index (χ0) is 8.20. The predicted octanol–water partition coefficient (Wildman–Crippen LogP) is 1.65. The van der Waals surface area contributed by atoms with Gasteiger partial charge in [-0.3, -0.25) is 4.79 Å². The van der Waals surface area contributed by atoms with Gasteiger partial charge in [-0.1, -0.05) is 21.4 Å². The molecule has 0 saturated carbocycles. The van der Waals surface area contributed by atoms with Gasteiger partial charge in [0.05, 0.1) is 21.1 Å². The first-order valence-corrected chi connectivity index (χ1v) is 3.16. The average Bonchev–Trinajstić information content (AvgIpc) is 1.81. The fraction of sp³-hybridized carbons (Fsp3) is 0.667. The van der Waals surface area contributed by atoms with Gasteiger partial charge in [-0.2, -0.15) is 0 Å². The molecule has 0 unspecified atom stereocenters. The van der Waals surface area contributed by atoms with Crippen LogP contribution in [0.4, 0.5) is 0 Å². The largest absolute Gasteiger partial charge is 0.314 e. The zero-order valence-electron chi connectivity index (χ0n) is 7.26. The quantitative estimate of drug-likeness (QED) is 0.429. The minimum absolute atomic E-state index is 0. The maximum absolute atomic E-state index is 10.6. The maximum atomic E-state index is 10.6. The van der Waals surface area contributed by atoms with Crippen LogP contribution in [0, 0.1) is 0 Å². The minimum atomic E-state index is -0.118. The van der Waals surface area contributed by atoms with Gasteiger partial charge in [0.1, 0.15) is 0 Å². The molecular weight excluding hydrogens is 188 g/mol. The highest BCUT2D eigenvalue weighted by Gasteiger charge is 2.05. The second-order valence-electron chi connectivity index (χ2n) is 3.19. The molecule has 0 heterocycles. The van der Waals surface area contributed by atoms with Crippen LogP contribution in [0.1, 0.15) is 14.9 Å². The topological polar surface area (TPSA) is 29.1 Å². The summed E-state index contributed by atoms with van der Waals surface area (Å²) in [6, 6.07) is 0. The van der Waals surface area contributed by atoms with Crippen molar-refractivity contribution in [2.75, 3.05) is 27.8 Å². The third-order valence-electron chi connectivity index (χ3n) is 0.913. The molecule has 0 aliphatic rings. The number of halogens is 1. The van der Waals surface area contributed by atoms with Gasteiger partial charge in [0.2, 0.25) is 5.91 Å². The minimum Gasteiger partial charge on any atom is -0.314 e. The fourth-order valence-electron chi connectivity index (χ4n) is 0.387. The Labute approximate surface area is 88.8 Å². The summed E-state index contributed by atoms with van der Waals surface area (Å²) in [5, 5.41) is 2.69. The van der Waals surface area contributed by atoms with Crippen LogP contribution in [-0.4, -0.2) is 38.2 Å². The van der Waals surface area contributed by atoms with Crippen molar-refractivity contribution in [3.05, 3.63) is 12.7 Å². The second-order valence-corrected chi connectivity index (χ2v) is 3.19. The molecular formula is C9H24ClN2O+. The van der Waals surface area contributed by atoms with Crippen LogP contribution in [-0.2, 0) is 4.79 Å². The van der Waals surface area contributed by atoms with E-state index in [2.05, 4.69) is 11.9 Å². The smallest absolute Gasteiger partial charge is 0.247 e. The summed E-state index contributed by atoms with van der Waals surface area (Å²) in [5.74, 6) is -0.118. The molecule has 0 saturated heterocycles. The molecule has 0 bridgehead atoms. The van der Waals surface area contributed by atoms with Crippen molar-refractivity contribution in [3.63, 3.8) is 0 Å². The molecule has 0 aromatic heterocycles. The lowest BCUT2D eigenvalue weighted by atomic mass is 10.6. The summed E-state index contributed by atoms with van der Waals surface area (Å²) in [7, 11) is 6.01. The number of rotatable bonds is 3. The summed E-state index contributed by atoms with van der Waals surface area (Å²) in [6.07, 6.45) is 1.27. The molecule has 0 rings (SSSR count). The number of carbonyl (C=O) groups is 1. The molecule has 0 aromatic rings. The standard InChI is InChI=1S/C7H14N2O.2CH4.ClH/c1-5-7(10)8-6-9(2,3)4;;;/h5H,1,6H2,2-4H3;2*1H4;1H/p+1. The van der Waals surface area contributed by atoms with Gasteiger partial charge in [0, 0.05) is 0 Å². The van der Waals surface area contributed by atoms with Crippen molar-refractivity contribution in [1.29, 1.82) is 0 Å². The highest BCUT2D eigenvalue weighted by Crippen LogP contribution is 1.84. The third-order valence-corrected chi connectivity index (χ3v) is 0.913. The number of hydrogen-bond acceptors (Lipinski definition) is 1. The number of carbonyl (C=O) groups excluding carboxylic acids is 1. The van der Waals surface area contributed by atoms with Crippen molar-refractivity contribution in [1.82, 2.24) is 5.32 Å². The molecule has 0 atom stereocenters. The van der Waals surface area contributed by atoms with Gasteiger partial charge in [-0.25, -0.2) is 0 Å². The lowest BCUT2D eigenvalue weighted by Gasteiger charge is -2.23. The molecule has 4 heteroatoms. The molecule has 0 aliphatic heterocycles. The lowest BCUT2D eigenvalue weighted by molar-refractivity contribution is -0.872. The van der Waals surface area contributed by atoms with Crippen LogP contribution in [0.2, 0.25) is 0 Å². The third kappa shape index (κ3) is 18.4. The van der Waals surface area contributed by atoms with E-state index in [4.69, 9.17) is 0 Å². The molecule has 0 radical (unpaired) electrons. The Kier molecular flexibility index (Phi) is 16.8. The normalized spacial score (nSPS) is 8.23. The van der Waals surface area contributed by atoms with Gasteiger partial charge >= 0.3 is 0 Å².